The first kappa shape index (κ1) is 21.6. The van der Waals surface area contributed by atoms with Gasteiger partial charge in [0.05, 0.1) is 18.0 Å². The molecule has 168 valence electrons. The van der Waals surface area contributed by atoms with Crippen molar-refractivity contribution >= 4 is 6.09 Å². The Labute approximate surface area is 183 Å². The fourth-order valence-electron chi connectivity index (χ4n) is 4.57. The first-order valence-corrected chi connectivity index (χ1v) is 11.2. The van der Waals surface area contributed by atoms with Gasteiger partial charge in [0.15, 0.2) is 0 Å². The van der Waals surface area contributed by atoms with Gasteiger partial charge in [-0.15, -0.1) is 5.10 Å². The summed E-state index contributed by atoms with van der Waals surface area (Å²) in [7, 11) is 3.59. The summed E-state index contributed by atoms with van der Waals surface area (Å²) in [6.45, 7) is 4.53. The van der Waals surface area contributed by atoms with Gasteiger partial charge < -0.3 is 14.4 Å². The minimum absolute atomic E-state index is 0.0973. The van der Waals surface area contributed by atoms with E-state index in [4.69, 9.17) is 9.47 Å². The van der Waals surface area contributed by atoms with Gasteiger partial charge in [-0.3, -0.25) is 4.98 Å². The van der Waals surface area contributed by atoms with Crippen LogP contribution in [0.1, 0.15) is 64.5 Å². The van der Waals surface area contributed by atoms with E-state index in [0.717, 1.165) is 31.4 Å². The second-order valence-corrected chi connectivity index (χ2v) is 9.66. The van der Waals surface area contributed by atoms with E-state index in [1.807, 2.05) is 12.1 Å². The molecule has 2 fully saturated rings. The topological polar surface area (TPSA) is 82.4 Å². The van der Waals surface area contributed by atoms with E-state index in [2.05, 4.69) is 29.1 Å². The molecule has 4 rings (SSSR count). The van der Waals surface area contributed by atoms with Crippen LogP contribution in [0.2, 0.25) is 0 Å². The second kappa shape index (κ2) is 8.85. The molecule has 2 aromatic heterocycles. The van der Waals surface area contributed by atoms with Crippen LogP contribution in [0, 0.1) is 5.41 Å². The van der Waals surface area contributed by atoms with Crippen LogP contribution >= 0.6 is 0 Å². The van der Waals surface area contributed by atoms with E-state index < -0.39 is 0 Å². The molecule has 0 radical (unpaired) electrons. The number of amides is 1. The fourth-order valence-corrected chi connectivity index (χ4v) is 4.57. The molecule has 0 spiro atoms. The lowest BCUT2D eigenvalue weighted by Crippen LogP contribution is -2.49. The Morgan fingerprint density at radius 3 is 2.61 bits per heavy atom. The van der Waals surface area contributed by atoms with Crippen LogP contribution in [0.5, 0.6) is 5.75 Å². The standard InChI is InChI=1S/C23H33N5O3/c1-23(2)12-16(13-23)27(3)22(29)30-15-20-21(25-26-28(20)4)19-11-10-18(14-24-19)31-17-8-6-5-7-9-17/h10-11,14,16-17H,5-9,12-13,15H2,1-4H3. The van der Waals surface area contributed by atoms with Gasteiger partial charge in [-0.1, -0.05) is 25.5 Å². The average Bonchev–Trinajstić information content (AvgIpc) is 3.11. The highest BCUT2D eigenvalue weighted by molar-refractivity contribution is 5.68. The maximum atomic E-state index is 12.5. The summed E-state index contributed by atoms with van der Waals surface area (Å²) >= 11 is 0. The molecule has 0 bridgehead atoms. The molecule has 8 nitrogen and oxygen atoms in total. The molecule has 31 heavy (non-hydrogen) atoms. The summed E-state index contributed by atoms with van der Waals surface area (Å²) in [5.74, 6) is 0.776. The maximum absolute atomic E-state index is 12.5. The molecule has 1 amide bonds. The number of pyridine rings is 1. The zero-order valence-electron chi connectivity index (χ0n) is 19.0. The normalized spacial score (nSPS) is 19.0. The Balaban J connectivity index is 1.37. The summed E-state index contributed by atoms with van der Waals surface area (Å²) in [6, 6.07) is 4.05. The van der Waals surface area contributed by atoms with Crippen molar-refractivity contribution in [1.29, 1.82) is 0 Å². The van der Waals surface area contributed by atoms with Crippen molar-refractivity contribution in [2.24, 2.45) is 12.5 Å². The summed E-state index contributed by atoms with van der Waals surface area (Å²) in [5.41, 5.74) is 2.32. The molecular weight excluding hydrogens is 394 g/mol. The molecule has 0 aliphatic heterocycles. The van der Waals surface area contributed by atoms with Crippen LogP contribution in [0.3, 0.4) is 0 Å². The van der Waals surface area contributed by atoms with Gasteiger partial charge >= 0.3 is 6.09 Å². The number of aryl methyl sites for hydroxylation is 1. The molecule has 8 heteroatoms. The van der Waals surface area contributed by atoms with E-state index in [1.165, 1.54) is 19.3 Å². The van der Waals surface area contributed by atoms with Gasteiger partial charge in [0.1, 0.15) is 23.7 Å². The largest absolute Gasteiger partial charge is 0.489 e. The highest BCUT2D eigenvalue weighted by Gasteiger charge is 2.40. The third-order valence-electron chi connectivity index (χ3n) is 6.52. The van der Waals surface area contributed by atoms with Crippen molar-refractivity contribution in [1.82, 2.24) is 24.9 Å². The number of nitrogens with zero attached hydrogens (tertiary/aromatic N) is 5. The van der Waals surface area contributed by atoms with Crippen molar-refractivity contribution in [3.63, 3.8) is 0 Å². The zero-order chi connectivity index (χ0) is 22.0. The zero-order valence-corrected chi connectivity index (χ0v) is 19.0. The summed E-state index contributed by atoms with van der Waals surface area (Å²) in [6.07, 6.45) is 9.65. The van der Waals surface area contributed by atoms with Crippen molar-refractivity contribution in [3.05, 3.63) is 24.0 Å². The number of carbonyl (C=O) groups is 1. The van der Waals surface area contributed by atoms with Crippen LogP contribution in [0.4, 0.5) is 4.79 Å². The third-order valence-corrected chi connectivity index (χ3v) is 6.52. The van der Waals surface area contributed by atoms with Gasteiger partial charge in [0.25, 0.3) is 0 Å². The molecule has 0 N–H and O–H groups in total. The highest BCUT2D eigenvalue weighted by atomic mass is 16.6. The van der Waals surface area contributed by atoms with Crippen molar-refractivity contribution < 1.29 is 14.3 Å². The molecular formula is C23H33N5O3. The first-order chi connectivity index (χ1) is 14.8. The predicted molar refractivity (Wildman–Crippen MR) is 116 cm³/mol. The molecule has 0 aromatic carbocycles. The molecule has 2 aromatic rings. The monoisotopic (exact) mass is 427 g/mol. The number of aromatic nitrogens is 4. The number of carbonyl (C=O) groups excluding carboxylic acids is 1. The van der Waals surface area contributed by atoms with Gasteiger partial charge in [-0.25, -0.2) is 9.48 Å². The highest BCUT2D eigenvalue weighted by Crippen LogP contribution is 2.42. The van der Waals surface area contributed by atoms with Gasteiger partial charge in [-0.05, 0) is 56.1 Å². The molecule has 2 aliphatic carbocycles. The SMILES string of the molecule is CN(C(=O)OCc1c(-c2ccc(OC3CCCCC3)cn2)nnn1C)C1CC(C)(C)C1. The smallest absolute Gasteiger partial charge is 0.410 e. The lowest BCUT2D eigenvalue weighted by molar-refractivity contribution is 0.0259. The first-order valence-electron chi connectivity index (χ1n) is 11.2. The minimum Gasteiger partial charge on any atom is -0.489 e. The van der Waals surface area contributed by atoms with Crippen LogP contribution in [-0.2, 0) is 18.4 Å². The van der Waals surface area contributed by atoms with E-state index in [9.17, 15) is 4.79 Å². The summed E-state index contributed by atoms with van der Waals surface area (Å²) in [5, 5.41) is 8.34. The summed E-state index contributed by atoms with van der Waals surface area (Å²) in [4.78, 5) is 18.7. The molecule has 2 heterocycles. The molecule has 0 atom stereocenters. The van der Waals surface area contributed by atoms with Gasteiger partial charge in [-0.2, -0.15) is 0 Å². The number of ether oxygens (including phenoxy) is 2. The molecule has 0 saturated heterocycles. The quantitative estimate of drug-likeness (QED) is 0.682. The molecule has 2 saturated carbocycles. The van der Waals surface area contributed by atoms with Crippen LogP contribution in [0.25, 0.3) is 11.4 Å². The molecule has 0 unspecified atom stereocenters. The number of hydrogen-bond acceptors (Lipinski definition) is 6. The van der Waals surface area contributed by atoms with Crippen LogP contribution < -0.4 is 4.74 Å². The van der Waals surface area contributed by atoms with E-state index in [-0.39, 0.29) is 24.8 Å². The van der Waals surface area contributed by atoms with E-state index in [0.29, 0.717) is 22.5 Å². The summed E-state index contributed by atoms with van der Waals surface area (Å²) < 4.78 is 13.3. The van der Waals surface area contributed by atoms with Crippen molar-refractivity contribution in [2.45, 2.75) is 77.5 Å². The Kier molecular flexibility index (Phi) is 6.16. The van der Waals surface area contributed by atoms with E-state index >= 15 is 0 Å². The van der Waals surface area contributed by atoms with Gasteiger partial charge in [0, 0.05) is 20.1 Å². The number of rotatable bonds is 6. The van der Waals surface area contributed by atoms with Crippen molar-refractivity contribution in [2.75, 3.05) is 7.05 Å². The number of hydrogen-bond donors (Lipinski definition) is 0. The Bertz CT molecular complexity index is 894. The minimum atomic E-state index is -0.322. The van der Waals surface area contributed by atoms with Gasteiger partial charge in [0.2, 0.25) is 0 Å². The van der Waals surface area contributed by atoms with Crippen LogP contribution in [-0.4, -0.2) is 50.2 Å². The Morgan fingerprint density at radius 1 is 1.23 bits per heavy atom. The van der Waals surface area contributed by atoms with E-state index in [1.54, 1.807) is 29.9 Å². The van der Waals surface area contributed by atoms with Crippen LogP contribution in [0.15, 0.2) is 18.3 Å². The lowest BCUT2D eigenvalue weighted by Gasteiger charge is -2.46. The Morgan fingerprint density at radius 2 is 1.97 bits per heavy atom. The van der Waals surface area contributed by atoms with Crippen molar-refractivity contribution in [3.8, 4) is 17.1 Å². The maximum Gasteiger partial charge on any atom is 0.410 e. The average molecular weight is 428 g/mol. The third kappa shape index (κ3) is 4.99. The lowest BCUT2D eigenvalue weighted by atomic mass is 9.68. The fraction of sp³-hybridized carbons (Fsp3) is 0.652. The Hall–Kier alpha value is -2.64. The molecule has 2 aliphatic rings. The second-order valence-electron chi connectivity index (χ2n) is 9.66. The predicted octanol–water partition coefficient (Wildman–Crippen LogP) is 4.35.